The van der Waals surface area contributed by atoms with Gasteiger partial charge in [0.1, 0.15) is 0 Å². The molecule has 0 spiro atoms. The number of hydrogen-bond acceptors (Lipinski definition) is 2. The fourth-order valence-electron chi connectivity index (χ4n) is 10.4. The maximum absolute atomic E-state index is 2.58. The average Bonchev–Trinajstić information content (AvgIpc) is 3.98. The molecule has 0 saturated carbocycles. The van der Waals surface area contributed by atoms with Crippen LogP contribution in [0.15, 0.2) is 206 Å². The van der Waals surface area contributed by atoms with Gasteiger partial charge in [0, 0.05) is 56.2 Å². The molecule has 59 heavy (non-hydrogen) atoms. The van der Waals surface area contributed by atoms with Crippen LogP contribution in [0.4, 0.5) is 28.4 Å². The monoisotopic (exact) mass is 758 g/mol. The first-order valence-electron chi connectivity index (χ1n) is 20.7. The largest absolute Gasteiger partial charge is 0.333 e. The van der Waals surface area contributed by atoms with Crippen LogP contribution in [0.5, 0.6) is 0 Å². The van der Waals surface area contributed by atoms with Crippen LogP contribution in [-0.4, -0.2) is 15.2 Å². The zero-order valence-electron chi connectivity index (χ0n) is 33.1. The Bertz CT molecular complexity index is 3090. The van der Waals surface area contributed by atoms with Gasteiger partial charge in [-0.15, -0.1) is 0 Å². The molecule has 2 aliphatic heterocycles. The van der Waals surface area contributed by atoms with E-state index < -0.39 is 0 Å². The Morgan fingerprint density at radius 3 is 1.90 bits per heavy atom. The van der Waals surface area contributed by atoms with E-state index >= 15 is 0 Å². The van der Waals surface area contributed by atoms with E-state index in [2.05, 4.69) is 239 Å². The van der Waals surface area contributed by atoms with E-state index in [4.69, 9.17) is 0 Å². The highest BCUT2D eigenvalue weighted by atomic mass is 15.2. The van der Waals surface area contributed by atoms with Crippen LogP contribution in [-0.2, 0) is 5.41 Å². The molecule has 1 aliphatic carbocycles. The van der Waals surface area contributed by atoms with E-state index in [1.54, 1.807) is 0 Å². The van der Waals surface area contributed by atoms with Crippen molar-refractivity contribution in [3.8, 4) is 22.6 Å². The highest BCUT2D eigenvalue weighted by Gasteiger charge is 2.43. The first-order valence-corrected chi connectivity index (χ1v) is 20.7. The van der Waals surface area contributed by atoms with E-state index in [1.165, 1.54) is 72.6 Å². The summed E-state index contributed by atoms with van der Waals surface area (Å²) in [5, 5.41) is 2.50. The van der Waals surface area contributed by atoms with Crippen molar-refractivity contribution < 1.29 is 0 Å². The molecule has 4 heteroatoms. The second-order valence-corrected chi connectivity index (χ2v) is 16.5. The average molecular weight is 759 g/mol. The summed E-state index contributed by atoms with van der Waals surface area (Å²) in [5.74, 6) is 0.240. The van der Waals surface area contributed by atoms with Crippen molar-refractivity contribution in [1.82, 2.24) is 9.13 Å². The molecule has 282 valence electrons. The van der Waals surface area contributed by atoms with E-state index in [0.717, 1.165) is 17.1 Å². The summed E-state index contributed by atoms with van der Waals surface area (Å²) in [6.45, 7) is 4.81. The van der Waals surface area contributed by atoms with Gasteiger partial charge >= 0.3 is 0 Å². The molecule has 9 aromatic rings. The number of anilines is 5. The SMILES string of the molecule is CC1(C)c2ccccc2-n2c(-c3ccccc3)c3c4cc(N(c5ccccc5)c5ccccc5)ccc4n(-c4ccc5c(c4)C4C=CC=CC4N5c4ccccc4)c3c21. The Balaban J connectivity index is 1.19. The lowest BCUT2D eigenvalue weighted by Gasteiger charge is -2.28. The number of nitrogens with zero attached hydrogens (tertiary/aromatic N) is 4. The van der Waals surface area contributed by atoms with Gasteiger partial charge in [0.05, 0.1) is 34.2 Å². The van der Waals surface area contributed by atoms with Gasteiger partial charge in [-0.2, -0.15) is 0 Å². The van der Waals surface area contributed by atoms with Gasteiger partial charge in [0.2, 0.25) is 0 Å². The second-order valence-electron chi connectivity index (χ2n) is 16.5. The van der Waals surface area contributed by atoms with E-state index in [-0.39, 0.29) is 17.4 Å². The quantitative estimate of drug-likeness (QED) is 0.168. The number of rotatable bonds is 6. The minimum absolute atomic E-state index is 0.218. The molecule has 0 amide bonds. The van der Waals surface area contributed by atoms with Gasteiger partial charge in [0.25, 0.3) is 0 Å². The van der Waals surface area contributed by atoms with Crippen molar-refractivity contribution in [2.45, 2.75) is 31.2 Å². The van der Waals surface area contributed by atoms with Crippen molar-refractivity contribution in [2.24, 2.45) is 0 Å². The van der Waals surface area contributed by atoms with Crippen LogP contribution in [0.2, 0.25) is 0 Å². The van der Waals surface area contributed by atoms with Crippen LogP contribution >= 0.6 is 0 Å². The maximum Gasteiger partial charge on any atom is 0.0770 e. The Hall–Kier alpha value is -7.30. The highest BCUT2D eigenvalue weighted by molar-refractivity contribution is 6.19. The van der Waals surface area contributed by atoms with Gasteiger partial charge in [-0.3, -0.25) is 0 Å². The summed E-state index contributed by atoms with van der Waals surface area (Å²) in [4.78, 5) is 4.90. The first-order chi connectivity index (χ1) is 29.1. The zero-order chi connectivity index (χ0) is 39.2. The van der Waals surface area contributed by atoms with E-state index in [1.807, 2.05) is 0 Å². The molecule has 0 fully saturated rings. The first kappa shape index (κ1) is 33.8. The summed E-state index contributed by atoms with van der Waals surface area (Å²) in [7, 11) is 0. The summed E-state index contributed by atoms with van der Waals surface area (Å²) in [6.07, 6.45) is 9.17. The van der Waals surface area contributed by atoms with Crippen LogP contribution in [0.1, 0.15) is 36.6 Å². The lowest BCUT2D eigenvalue weighted by Crippen LogP contribution is -2.28. The predicted molar refractivity (Wildman–Crippen MR) is 246 cm³/mol. The molecule has 4 heterocycles. The lowest BCUT2D eigenvalue weighted by molar-refractivity contribution is 0.646. The molecule has 7 aromatic carbocycles. The minimum Gasteiger partial charge on any atom is -0.333 e. The molecule has 12 rings (SSSR count). The topological polar surface area (TPSA) is 16.3 Å². The highest BCUT2D eigenvalue weighted by Crippen LogP contribution is 2.55. The Labute approximate surface area is 344 Å². The molecule has 0 N–H and O–H groups in total. The van der Waals surface area contributed by atoms with E-state index in [0.29, 0.717) is 0 Å². The summed E-state index contributed by atoms with van der Waals surface area (Å²) in [5.41, 5.74) is 16.9. The molecule has 2 unspecified atom stereocenters. The molecule has 4 nitrogen and oxygen atoms in total. The molecular weight excluding hydrogens is 717 g/mol. The molecule has 0 bridgehead atoms. The van der Waals surface area contributed by atoms with Gasteiger partial charge in [-0.1, -0.05) is 141 Å². The second kappa shape index (κ2) is 12.9. The molecule has 0 radical (unpaired) electrons. The predicted octanol–water partition coefficient (Wildman–Crippen LogP) is 14.1. The van der Waals surface area contributed by atoms with E-state index in [9.17, 15) is 0 Å². The van der Waals surface area contributed by atoms with Crippen molar-refractivity contribution in [3.63, 3.8) is 0 Å². The number of hydrogen-bond donors (Lipinski definition) is 0. The lowest BCUT2D eigenvalue weighted by atomic mass is 9.82. The van der Waals surface area contributed by atoms with Crippen molar-refractivity contribution >= 4 is 50.2 Å². The zero-order valence-corrected chi connectivity index (χ0v) is 33.1. The van der Waals surface area contributed by atoms with Crippen LogP contribution in [0.3, 0.4) is 0 Å². The van der Waals surface area contributed by atoms with Crippen LogP contribution in [0, 0.1) is 0 Å². The van der Waals surface area contributed by atoms with Crippen molar-refractivity contribution in [1.29, 1.82) is 0 Å². The summed E-state index contributed by atoms with van der Waals surface area (Å²) < 4.78 is 5.16. The van der Waals surface area contributed by atoms with Crippen LogP contribution < -0.4 is 9.80 Å². The smallest absolute Gasteiger partial charge is 0.0770 e. The molecule has 0 saturated heterocycles. The number of para-hydroxylation sites is 4. The number of fused-ring (bicyclic) bond motifs is 10. The Morgan fingerprint density at radius 2 is 1.17 bits per heavy atom. The third-order valence-corrected chi connectivity index (χ3v) is 12.9. The fourth-order valence-corrected chi connectivity index (χ4v) is 10.4. The summed E-state index contributed by atoms with van der Waals surface area (Å²) in [6, 6.07) is 66.9. The van der Waals surface area contributed by atoms with Crippen molar-refractivity contribution in [2.75, 3.05) is 9.80 Å². The maximum atomic E-state index is 2.58. The fraction of sp³-hybridized carbons (Fsp3) is 0.0909. The third kappa shape index (κ3) is 4.90. The van der Waals surface area contributed by atoms with Gasteiger partial charge in [-0.05, 0) is 95.6 Å². The standard InChI is InChI=1S/C55H42N4/c1-55(2)46-28-16-18-30-50(46)59-52(37-19-7-3-8-20-37)51-45-36-41(56(38-21-9-4-10-22-38)39-23-11-5-12-24-39)31-34-49(45)58(53(51)54(55)59)42-32-33-48-44(35-42)43-27-15-17-29-47(43)57(48)40-25-13-6-14-26-40/h3-36,43,47H,1-2H3. The molecule has 2 atom stereocenters. The molecule has 3 aliphatic rings. The van der Waals surface area contributed by atoms with Gasteiger partial charge in [0.15, 0.2) is 0 Å². The summed E-state index contributed by atoms with van der Waals surface area (Å²) >= 11 is 0. The number of aromatic nitrogens is 2. The third-order valence-electron chi connectivity index (χ3n) is 12.9. The minimum atomic E-state index is -0.264. The Morgan fingerprint density at radius 1 is 0.525 bits per heavy atom. The van der Waals surface area contributed by atoms with Gasteiger partial charge < -0.3 is 18.9 Å². The van der Waals surface area contributed by atoms with Gasteiger partial charge in [-0.25, -0.2) is 0 Å². The normalized spacial score (nSPS) is 16.9. The molecule has 2 aromatic heterocycles. The van der Waals surface area contributed by atoms with Crippen molar-refractivity contribution in [3.05, 3.63) is 223 Å². The van der Waals surface area contributed by atoms with Crippen LogP contribution in [0.25, 0.3) is 44.4 Å². The molecular formula is C55H42N4. The Kier molecular flexibility index (Phi) is 7.37. The number of benzene rings is 7. The number of allylic oxidation sites excluding steroid dienone is 2.